The molecule has 0 saturated carbocycles. The summed E-state index contributed by atoms with van der Waals surface area (Å²) in [6, 6.07) is 7.85. The molecule has 2 aliphatic heterocycles. The first-order valence-electron chi connectivity index (χ1n) is 8.15. The van der Waals surface area contributed by atoms with E-state index in [1.165, 1.54) is 0 Å². The number of hydrogen-bond donors (Lipinski definition) is 1. The molecule has 2 saturated heterocycles. The lowest BCUT2D eigenvalue weighted by Gasteiger charge is -2.21. The van der Waals surface area contributed by atoms with E-state index < -0.39 is 0 Å². The van der Waals surface area contributed by atoms with Crippen LogP contribution in [-0.4, -0.2) is 42.0 Å². The Morgan fingerprint density at radius 2 is 1.79 bits per heavy atom. The van der Waals surface area contributed by atoms with Crippen molar-refractivity contribution in [2.24, 2.45) is 11.8 Å². The van der Waals surface area contributed by atoms with Gasteiger partial charge in [0.25, 0.3) is 5.91 Å². The molecule has 4 nitrogen and oxygen atoms in total. The Labute approximate surface area is 154 Å². The second kappa shape index (κ2) is 8.15. The van der Waals surface area contributed by atoms with Crippen LogP contribution in [0.4, 0.5) is 0 Å². The van der Waals surface area contributed by atoms with Crippen LogP contribution in [0.1, 0.15) is 23.2 Å². The van der Waals surface area contributed by atoms with E-state index in [4.69, 9.17) is 0 Å². The van der Waals surface area contributed by atoms with Gasteiger partial charge in [0.1, 0.15) is 0 Å². The van der Waals surface area contributed by atoms with Crippen molar-refractivity contribution in [2.75, 3.05) is 26.2 Å². The van der Waals surface area contributed by atoms with Gasteiger partial charge in [-0.2, -0.15) is 0 Å². The molecule has 2 fully saturated rings. The summed E-state index contributed by atoms with van der Waals surface area (Å²) in [6.45, 7) is 3.99. The van der Waals surface area contributed by atoms with E-state index in [1.54, 1.807) is 6.20 Å². The highest BCUT2D eigenvalue weighted by Crippen LogP contribution is 2.28. The molecular formula is C18H23Cl2N3O. The van der Waals surface area contributed by atoms with Crippen molar-refractivity contribution in [1.29, 1.82) is 0 Å². The monoisotopic (exact) mass is 367 g/mol. The van der Waals surface area contributed by atoms with Crippen LogP contribution in [0.25, 0.3) is 10.8 Å². The number of hydrogen-bond acceptors (Lipinski definition) is 3. The Bertz CT molecular complexity index is 690. The standard InChI is InChI=1S/C18H21N3O.2ClH/c22-18(17-3-1-2-15-12-19-7-4-16(15)17)21-8-5-13-10-20-11-14(13)6-9-21;;/h1-4,7,12-14,20H,5-6,8-11H2;2*1H/t13-,14+;;. The van der Waals surface area contributed by atoms with E-state index >= 15 is 0 Å². The van der Waals surface area contributed by atoms with Gasteiger partial charge in [0, 0.05) is 36.4 Å². The van der Waals surface area contributed by atoms with Crippen LogP contribution >= 0.6 is 24.8 Å². The molecule has 1 amide bonds. The van der Waals surface area contributed by atoms with E-state index in [-0.39, 0.29) is 30.7 Å². The average molecular weight is 368 g/mol. The molecule has 3 heterocycles. The van der Waals surface area contributed by atoms with Gasteiger partial charge in [-0.25, -0.2) is 0 Å². The van der Waals surface area contributed by atoms with Crippen LogP contribution in [0.5, 0.6) is 0 Å². The quantitative estimate of drug-likeness (QED) is 0.841. The van der Waals surface area contributed by atoms with Gasteiger partial charge < -0.3 is 10.2 Å². The molecular weight excluding hydrogens is 345 g/mol. The predicted molar refractivity (Wildman–Crippen MR) is 101 cm³/mol. The Morgan fingerprint density at radius 1 is 1.08 bits per heavy atom. The largest absolute Gasteiger partial charge is 0.339 e. The van der Waals surface area contributed by atoms with E-state index in [0.717, 1.165) is 67.2 Å². The van der Waals surface area contributed by atoms with E-state index in [0.29, 0.717) is 0 Å². The lowest BCUT2D eigenvalue weighted by Crippen LogP contribution is -2.32. The molecule has 6 heteroatoms. The summed E-state index contributed by atoms with van der Waals surface area (Å²) >= 11 is 0. The van der Waals surface area contributed by atoms with Gasteiger partial charge in [-0.15, -0.1) is 24.8 Å². The zero-order valence-electron chi connectivity index (χ0n) is 13.5. The highest BCUT2D eigenvalue weighted by molar-refractivity contribution is 6.06. The molecule has 2 aliphatic rings. The molecule has 2 atom stereocenters. The minimum Gasteiger partial charge on any atom is -0.339 e. The topological polar surface area (TPSA) is 45.2 Å². The molecule has 1 N–H and O–H groups in total. The smallest absolute Gasteiger partial charge is 0.254 e. The third kappa shape index (κ3) is 3.51. The Kier molecular flexibility index (Phi) is 6.44. The molecule has 2 aromatic rings. The Hall–Kier alpha value is -1.36. The third-order valence-electron chi connectivity index (χ3n) is 5.22. The molecule has 24 heavy (non-hydrogen) atoms. The molecule has 0 unspecified atom stereocenters. The minimum absolute atomic E-state index is 0. The summed E-state index contributed by atoms with van der Waals surface area (Å²) < 4.78 is 0. The lowest BCUT2D eigenvalue weighted by atomic mass is 9.92. The van der Waals surface area contributed by atoms with Crippen LogP contribution < -0.4 is 5.32 Å². The third-order valence-corrected chi connectivity index (χ3v) is 5.22. The van der Waals surface area contributed by atoms with Crippen molar-refractivity contribution >= 4 is 41.5 Å². The van der Waals surface area contributed by atoms with Crippen LogP contribution in [0.2, 0.25) is 0 Å². The Morgan fingerprint density at radius 3 is 2.50 bits per heavy atom. The van der Waals surface area contributed by atoms with Crippen molar-refractivity contribution in [1.82, 2.24) is 15.2 Å². The van der Waals surface area contributed by atoms with Gasteiger partial charge in [0.15, 0.2) is 0 Å². The van der Waals surface area contributed by atoms with E-state index in [1.807, 2.05) is 35.4 Å². The molecule has 0 bridgehead atoms. The van der Waals surface area contributed by atoms with Crippen molar-refractivity contribution in [3.05, 3.63) is 42.2 Å². The number of aromatic nitrogens is 1. The fraction of sp³-hybridized carbons (Fsp3) is 0.444. The summed E-state index contributed by atoms with van der Waals surface area (Å²) in [6.07, 6.45) is 5.83. The predicted octanol–water partition coefficient (Wildman–Crippen LogP) is 3.15. The van der Waals surface area contributed by atoms with Gasteiger partial charge >= 0.3 is 0 Å². The minimum atomic E-state index is 0. The molecule has 4 rings (SSSR count). The number of amides is 1. The zero-order valence-corrected chi connectivity index (χ0v) is 15.1. The number of likely N-dealkylation sites (tertiary alicyclic amines) is 1. The number of nitrogens with one attached hydrogen (secondary N) is 1. The molecule has 0 aliphatic carbocycles. The highest BCUT2D eigenvalue weighted by Gasteiger charge is 2.31. The van der Waals surface area contributed by atoms with Gasteiger partial charge in [-0.05, 0) is 55.3 Å². The van der Waals surface area contributed by atoms with Crippen molar-refractivity contribution in [2.45, 2.75) is 12.8 Å². The average Bonchev–Trinajstić information content (AvgIpc) is 2.92. The van der Waals surface area contributed by atoms with Gasteiger partial charge in [-0.1, -0.05) is 12.1 Å². The lowest BCUT2D eigenvalue weighted by molar-refractivity contribution is 0.0760. The number of rotatable bonds is 1. The van der Waals surface area contributed by atoms with Gasteiger partial charge in [0.2, 0.25) is 0 Å². The maximum absolute atomic E-state index is 13.0. The maximum atomic E-state index is 13.0. The molecule has 0 spiro atoms. The number of carbonyl (C=O) groups excluding carboxylic acids is 1. The van der Waals surface area contributed by atoms with E-state index in [2.05, 4.69) is 10.3 Å². The SMILES string of the molecule is Cl.Cl.O=C(c1cccc2cnccc12)N1CC[C@@H]2CNC[C@@H]2CC1. The number of fused-ring (bicyclic) bond motifs is 2. The fourth-order valence-corrected chi connectivity index (χ4v) is 3.90. The molecule has 130 valence electrons. The van der Waals surface area contributed by atoms with Crippen LogP contribution in [0, 0.1) is 11.8 Å². The second-order valence-corrected chi connectivity index (χ2v) is 6.45. The first-order valence-corrected chi connectivity index (χ1v) is 8.15. The van der Waals surface area contributed by atoms with Crippen molar-refractivity contribution in [3.8, 4) is 0 Å². The zero-order chi connectivity index (χ0) is 14.9. The highest BCUT2D eigenvalue weighted by atomic mass is 35.5. The molecule has 1 aromatic heterocycles. The first kappa shape index (κ1) is 19.0. The Balaban J connectivity index is 0.00000104. The van der Waals surface area contributed by atoms with Gasteiger partial charge in [0.05, 0.1) is 0 Å². The summed E-state index contributed by atoms with van der Waals surface area (Å²) in [4.78, 5) is 19.2. The van der Waals surface area contributed by atoms with Crippen molar-refractivity contribution in [3.63, 3.8) is 0 Å². The normalized spacial score (nSPS) is 22.9. The summed E-state index contributed by atoms with van der Waals surface area (Å²) in [5.41, 5.74) is 0.810. The van der Waals surface area contributed by atoms with Gasteiger partial charge in [-0.3, -0.25) is 9.78 Å². The summed E-state index contributed by atoms with van der Waals surface area (Å²) in [7, 11) is 0. The van der Waals surface area contributed by atoms with Crippen LogP contribution in [0.3, 0.4) is 0 Å². The van der Waals surface area contributed by atoms with E-state index in [9.17, 15) is 4.79 Å². The van der Waals surface area contributed by atoms with Crippen LogP contribution in [-0.2, 0) is 0 Å². The first-order chi connectivity index (χ1) is 10.8. The van der Waals surface area contributed by atoms with Crippen molar-refractivity contribution < 1.29 is 4.79 Å². The maximum Gasteiger partial charge on any atom is 0.254 e. The number of pyridine rings is 1. The number of benzene rings is 1. The number of halogens is 2. The number of carbonyl (C=O) groups is 1. The van der Waals surface area contributed by atoms with Crippen LogP contribution in [0.15, 0.2) is 36.7 Å². The second-order valence-electron chi connectivity index (χ2n) is 6.45. The molecule has 1 aromatic carbocycles. The fourth-order valence-electron chi connectivity index (χ4n) is 3.90. The number of nitrogens with zero attached hydrogens (tertiary/aromatic N) is 2. The summed E-state index contributed by atoms with van der Waals surface area (Å²) in [5.74, 6) is 1.66. The summed E-state index contributed by atoms with van der Waals surface area (Å²) in [5, 5.41) is 5.52. The molecule has 0 radical (unpaired) electrons.